The highest BCUT2D eigenvalue weighted by atomic mass is 35.5. The molecule has 2 atom stereocenters. The molecule has 0 spiro atoms. The molecule has 2 aliphatic heterocycles. The molecule has 6 rings (SSSR count). The first-order valence-corrected chi connectivity index (χ1v) is 14.6. The van der Waals surface area contributed by atoms with E-state index in [9.17, 15) is 9.59 Å². The summed E-state index contributed by atoms with van der Waals surface area (Å²) in [6.45, 7) is 1.93. The van der Waals surface area contributed by atoms with E-state index in [0.29, 0.717) is 32.7 Å². The Kier molecular flexibility index (Phi) is 7.53. The highest BCUT2D eigenvalue weighted by molar-refractivity contribution is 6.31. The number of nitrogens with one attached hydrogen (secondary N) is 1. The first-order chi connectivity index (χ1) is 20.2. The highest BCUT2D eigenvalue weighted by Crippen LogP contribution is 2.35. The van der Waals surface area contributed by atoms with Crippen molar-refractivity contribution >= 4 is 41.0 Å². The Bertz CT molecular complexity index is 1830. The van der Waals surface area contributed by atoms with E-state index in [-0.39, 0.29) is 22.1 Å². The first kappa shape index (κ1) is 28.0. The fourth-order valence-electron chi connectivity index (χ4n) is 5.55. The second-order valence-electron chi connectivity index (χ2n) is 10.7. The van der Waals surface area contributed by atoms with Crippen LogP contribution in [-0.4, -0.2) is 33.8 Å². The van der Waals surface area contributed by atoms with Gasteiger partial charge in [0.25, 0.3) is 0 Å². The number of amides is 1. The van der Waals surface area contributed by atoms with Gasteiger partial charge in [-0.15, -0.1) is 4.68 Å². The van der Waals surface area contributed by atoms with Crippen LogP contribution in [0.4, 0.5) is 0 Å². The van der Waals surface area contributed by atoms with Gasteiger partial charge in [-0.25, -0.2) is 4.98 Å². The minimum atomic E-state index is -0.328. The molecule has 42 heavy (non-hydrogen) atoms. The van der Waals surface area contributed by atoms with Crippen LogP contribution in [0.25, 0.3) is 28.1 Å². The summed E-state index contributed by atoms with van der Waals surface area (Å²) in [5, 5.41) is 8.92. The lowest BCUT2D eigenvalue weighted by atomic mass is 9.97. The minimum absolute atomic E-state index is 0.0763. The third-order valence-corrected chi connectivity index (χ3v) is 8.28. The monoisotopic (exact) mass is 599 g/mol. The fraction of sp³-hybridized carbons (Fsp3) is 0.219. The lowest BCUT2D eigenvalue weighted by molar-refractivity contribution is -0.123. The number of halogens is 2. The van der Waals surface area contributed by atoms with Crippen molar-refractivity contribution in [3.63, 3.8) is 0 Å². The summed E-state index contributed by atoms with van der Waals surface area (Å²) in [5.41, 5.74) is 5.52. The number of hydrogen-bond donors (Lipinski definition) is 1. The third kappa shape index (κ3) is 5.29. The molecule has 2 bridgehead atoms. The quantitative estimate of drug-likeness (QED) is 0.284. The molecule has 2 aromatic heterocycles. The van der Waals surface area contributed by atoms with Crippen LogP contribution < -0.4 is 15.6 Å². The molecule has 212 valence electrons. The zero-order valence-electron chi connectivity index (χ0n) is 23.2. The number of rotatable bonds is 3. The van der Waals surface area contributed by atoms with Crippen molar-refractivity contribution in [1.82, 2.24) is 24.7 Å². The first-order valence-electron chi connectivity index (χ1n) is 13.8. The zero-order chi connectivity index (χ0) is 29.4. The van der Waals surface area contributed by atoms with Gasteiger partial charge in [0, 0.05) is 45.0 Å². The molecule has 0 radical (unpaired) electrons. The number of aryl methyl sites for hydroxylation is 1. The number of benzene rings is 2. The minimum Gasteiger partial charge on any atom is -0.319 e. The Labute approximate surface area is 253 Å². The van der Waals surface area contributed by atoms with E-state index < -0.39 is 0 Å². The summed E-state index contributed by atoms with van der Waals surface area (Å²) in [4.78, 5) is 36.2. The molecule has 0 saturated carbocycles. The molecule has 1 amide bonds. The van der Waals surface area contributed by atoms with Crippen molar-refractivity contribution in [2.24, 2.45) is 11.0 Å². The molecule has 1 unspecified atom stereocenters. The van der Waals surface area contributed by atoms with E-state index >= 15 is 0 Å². The summed E-state index contributed by atoms with van der Waals surface area (Å²) in [6.07, 6.45) is 8.32. The Hall–Kier alpha value is -4.11. The number of carbonyl (C=O) groups excluding carboxylic acids is 1. The van der Waals surface area contributed by atoms with Crippen LogP contribution in [0.2, 0.25) is 10.0 Å². The van der Waals surface area contributed by atoms with E-state index in [2.05, 4.69) is 10.3 Å². The SMILES string of the molecule is C[C@@H]1CCCCc2cc(ccn2)C2=C(C=N[N+]2(C)n2cnc(-c3cc(Cl)ccc3-c3cccc(Cl)c3)cc2=O)NC1=O. The number of aromatic nitrogens is 3. The van der Waals surface area contributed by atoms with Gasteiger partial charge in [0.05, 0.1) is 5.69 Å². The Morgan fingerprint density at radius 2 is 1.76 bits per heavy atom. The van der Waals surface area contributed by atoms with Crippen LogP contribution >= 0.6 is 23.2 Å². The second-order valence-corrected chi connectivity index (χ2v) is 11.6. The molecule has 2 aliphatic rings. The molecule has 0 saturated heterocycles. The van der Waals surface area contributed by atoms with E-state index in [0.717, 1.165) is 48.1 Å². The average molecular weight is 601 g/mol. The molecule has 1 N–H and O–H groups in total. The molecule has 0 fully saturated rings. The number of quaternary nitrogens is 1. The van der Waals surface area contributed by atoms with Crippen LogP contribution in [0.5, 0.6) is 0 Å². The summed E-state index contributed by atoms with van der Waals surface area (Å²) < 4.78 is 1.16. The van der Waals surface area contributed by atoms with Crippen LogP contribution in [-0.2, 0) is 11.2 Å². The largest absolute Gasteiger partial charge is 0.319 e. The fourth-order valence-corrected chi connectivity index (χ4v) is 5.91. The van der Waals surface area contributed by atoms with Crippen LogP contribution in [0, 0.1) is 5.92 Å². The predicted molar refractivity (Wildman–Crippen MR) is 167 cm³/mol. The van der Waals surface area contributed by atoms with Gasteiger partial charge < -0.3 is 5.32 Å². The molecule has 4 aromatic rings. The zero-order valence-corrected chi connectivity index (χ0v) is 24.7. The molecule has 0 aliphatic carbocycles. The standard InChI is InChI=1S/C32H28Cl2N6O2/c1-20-6-3-4-9-25-15-22(12-13-35-25)31-29(38-32(20)42)18-37-40(31,2)39-19-36-28(17-30(39)41)27-16-24(34)10-11-26(27)21-7-5-8-23(33)14-21/h5,7-8,10-20H,3-4,6,9H2,1-2H3/p+1/t20-,40?/m1/s1. The van der Waals surface area contributed by atoms with Gasteiger partial charge in [0.1, 0.15) is 19.0 Å². The van der Waals surface area contributed by atoms with Crippen molar-refractivity contribution in [2.45, 2.75) is 32.6 Å². The van der Waals surface area contributed by atoms with Crippen molar-refractivity contribution in [1.29, 1.82) is 0 Å². The lowest BCUT2D eigenvalue weighted by Gasteiger charge is -2.27. The van der Waals surface area contributed by atoms with Gasteiger partial charge in [-0.1, -0.05) is 64.5 Å². The van der Waals surface area contributed by atoms with Crippen molar-refractivity contribution < 1.29 is 4.79 Å². The van der Waals surface area contributed by atoms with Gasteiger partial charge in [-0.05, 0) is 66.8 Å². The maximum absolute atomic E-state index is 13.8. The molecule has 2 aromatic carbocycles. The van der Waals surface area contributed by atoms with Crippen molar-refractivity contribution in [3.8, 4) is 22.4 Å². The summed E-state index contributed by atoms with van der Waals surface area (Å²) >= 11 is 12.7. The predicted octanol–water partition coefficient (Wildman–Crippen LogP) is 6.19. The Morgan fingerprint density at radius 3 is 2.57 bits per heavy atom. The van der Waals surface area contributed by atoms with Crippen molar-refractivity contribution in [2.75, 3.05) is 7.05 Å². The van der Waals surface area contributed by atoms with E-state index in [4.69, 9.17) is 33.3 Å². The number of carbonyl (C=O) groups is 1. The van der Waals surface area contributed by atoms with Gasteiger partial charge in [-0.2, -0.15) is 0 Å². The summed E-state index contributed by atoms with van der Waals surface area (Å²) in [7, 11) is 1.79. The van der Waals surface area contributed by atoms with Gasteiger partial charge in [-0.3, -0.25) is 14.6 Å². The van der Waals surface area contributed by atoms with E-state index in [1.807, 2.05) is 43.3 Å². The molecular weight excluding hydrogens is 571 g/mol. The van der Waals surface area contributed by atoms with Crippen LogP contribution in [0.1, 0.15) is 37.4 Å². The summed E-state index contributed by atoms with van der Waals surface area (Å²) in [5.74, 6) is -0.236. The summed E-state index contributed by atoms with van der Waals surface area (Å²) in [6, 6.07) is 18.3. The van der Waals surface area contributed by atoms with Gasteiger partial charge >= 0.3 is 5.56 Å². The van der Waals surface area contributed by atoms with Crippen LogP contribution in [0.15, 0.2) is 88.8 Å². The maximum atomic E-state index is 13.8. The van der Waals surface area contributed by atoms with Crippen LogP contribution in [0.3, 0.4) is 0 Å². The second kappa shape index (κ2) is 11.3. The van der Waals surface area contributed by atoms with Gasteiger partial charge in [0.2, 0.25) is 11.6 Å². The average Bonchev–Trinajstić information content (AvgIpc) is 3.30. The molecule has 4 heterocycles. The number of allylic oxidation sites excluding steroid dienone is 1. The Balaban J connectivity index is 1.46. The number of nitrogens with zero attached hydrogens (tertiary/aromatic N) is 5. The molecule has 10 heteroatoms. The molecule has 8 nitrogen and oxygen atoms in total. The third-order valence-electron chi connectivity index (χ3n) is 7.81. The van der Waals surface area contributed by atoms with E-state index in [1.54, 1.807) is 37.7 Å². The topological polar surface area (TPSA) is 89.2 Å². The van der Waals surface area contributed by atoms with Crippen molar-refractivity contribution in [3.05, 3.63) is 111 Å². The normalized spacial score (nSPS) is 20.5. The van der Waals surface area contributed by atoms with Gasteiger partial charge in [0.15, 0.2) is 6.33 Å². The number of pyridine rings is 1. The number of hydrogen-bond acceptors (Lipinski definition) is 5. The lowest BCUT2D eigenvalue weighted by Crippen LogP contribution is -2.52. The van der Waals surface area contributed by atoms with E-state index in [1.165, 1.54) is 17.1 Å². The molecular formula is C32H29Cl2N6O2+. The maximum Gasteiger partial charge on any atom is 0.302 e. The Morgan fingerprint density at radius 1 is 0.929 bits per heavy atom. The number of fused-ring (bicyclic) bond motifs is 3. The highest BCUT2D eigenvalue weighted by Gasteiger charge is 2.41. The smallest absolute Gasteiger partial charge is 0.302 e.